The largest absolute Gasteiger partial charge is 0.507 e. The average molecular weight is 338 g/mol. The van der Waals surface area contributed by atoms with Gasteiger partial charge in [0.15, 0.2) is 0 Å². The molecule has 1 atom stereocenters. The van der Waals surface area contributed by atoms with E-state index in [0.29, 0.717) is 11.1 Å². The fourth-order valence-corrected chi connectivity index (χ4v) is 2.67. The maximum atomic E-state index is 12.2. The SMILES string of the molecule is Cc1ccc(C(O)=C2C(=O)C(=O)N[C@@H]2c2ccc([N+](=O)[O-])cc2)cc1. The number of rotatable bonds is 3. The Hall–Kier alpha value is -3.48. The van der Waals surface area contributed by atoms with Gasteiger partial charge in [0.2, 0.25) is 0 Å². The minimum absolute atomic E-state index is 0.0669. The summed E-state index contributed by atoms with van der Waals surface area (Å²) < 4.78 is 0. The number of amides is 1. The van der Waals surface area contributed by atoms with Gasteiger partial charge >= 0.3 is 0 Å². The molecule has 1 fully saturated rings. The molecule has 0 saturated carbocycles. The molecule has 1 heterocycles. The lowest BCUT2D eigenvalue weighted by Crippen LogP contribution is -2.21. The number of Topliss-reactive ketones (excluding diaryl/α,β-unsaturated/α-hetero) is 1. The summed E-state index contributed by atoms with van der Waals surface area (Å²) in [6, 6.07) is 11.5. The van der Waals surface area contributed by atoms with Crippen molar-refractivity contribution in [2.45, 2.75) is 13.0 Å². The molecule has 3 rings (SSSR count). The topological polar surface area (TPSA) is 110 Å². The lowest BCUT2D eigenvalue weighted by Gasteiger charge is -2.13. The van der Waals surface area contributed by atoms with E-state index >= 15 is 0 Å². The molecule has 0 bridgehead atoms. The van der Waals surface area contributed by atoms with Crippen molar-refractivity contribution in [1.82, 2.24) is 5.32 Å². The van der Waals surface area contributed by atoms with Crippen LogP contribution in [0.4, 0.5) is 5.69 Å². The van der Waals surface area contributed by atoms with Crippen LogP contribution in [0, 0.1) is 17.0 Å². The molecule has 2 N–H and O–H groups in total. The van der Waals surface area contributed by atoms with Crippen molar-refractivity contribution in [3.05, 3.63) is 80.9 Å². The predicted molar refractivity (Wildman–Crippen MR) is 89.7 cm³/mol. The first-order valence-electron chi connectivity index (χ1n) is 7.48. The van der Waals surface area contributed by atoms with Crippen LogP contribution in [0.2, 0.25) is 0 Å². The zero-order valence-electron chi connectivity index (χ0n) is 13.2. The van der Waals surface area contributed by atoms with Crippen molar-refractivity contribution in [3.8, 4) is 0 Å². The van der Waals surface area contributed by atoms with E-state index < -0.39 is 22.7 Å². The molecule has 7 heteroatoms. The van der Waals surface area contributed by atoms with E-state index in [-0.39, 0.29) is 17.0 Å². The van der Waals surface area contributed by atoms with Crippen LogP contribution in [-0.2, 0) is 9.59 Å². The van der Waals surface area contributed by atoms with Gasteiger partial charge in [0, 0.05) is 17.7 Å². The highest BCUT2D eigenvalue weighted by atomic mass is 16.6. The van der Waals surface area contributed by atoms with Gasteiger partial charge in [-0.25, -0.2) is 0 Å². The smallest absolute Gasteiger partial charge is 0.293 e. The number of carbonyl (C=O) groups is 2. The summed E-state index contributed by atoms with van der Waals surface area (Å²) in [5, 5.41) is 23.8. The Morgan fingerprint density at radius 3 is 2.24 bits per heavy atom. The van der Waals surface area contributed by atoms with E-state index in [1.165, 1.54) is 24.3 Å². The van der Waals surface area contributed by atoms with Crippen molar-refractivity contribution in [2.24, 2.45) is 0 Å². The number of hydrogen-bond donors (Lipinski definition) is 2. The lowest BCUT2D eigenvalue weighted by molar-refractivity contribution is -0.384. The zero-order valence-corrected chi connectivity index (χ0v) is 13.2. The maximum absolute atomic E-state index is 12.2. The fraction of sp³-hybridized carbons (Fsp3) is 0.111. The normalized spacial score (nSPS) is 18.8. The molecule has 0 spiro atoms. The second-order valence-corrected chi connectivity index (χ2v) is 5.71. The van der Waals surface area contributed by atoms with Gasteiger partial charge in [-0.3, -0.25) is 19.7 Å². The minimum atomic E-state index is -0.859. The van der Waals surface area contributed by atoms with Gasteiger partial charge < -0.3 is 10.4 Å². The molecule has 126 valence electrons. The van der Waals surface area contributed by atoms with E-state index in [9.17, 15) is 24.8 Å². The highest BCUT2D eigenvalue weighted by Gasteiger charge is 2.39. The van der Waals surface area contributed by atoms with Crippen molar-refractivity contribution >= 4 is 23.1 Å². The van der Waals surface area contributed by atoms with E-state index in [1.807, 2.05) is 6.92 Å². The molecule has 1 amide bonds. The Morgan fingerprint density at radius 1 is 1.08 bits per heavy atom. The number of aryl methyl sites for hydroxylation is 1. The van der Waals surface area contributed by atoms with Gasteiger partial charge in [0.05, 0.1) is 16.5 Å². The molecule has 1 aliphatic heterocycles. The van der Waals surface area contributed by atoms with Crippen LogP contribution < -0.4 is 5.32 Å². The predicted octanol–water partition coefficient (Wildman–Crippen LogP) is 2.61. The molecule has 1 aliphatic rings. The second-order valence-electron chi connectivity index (χ2n) is 5.71. The number of aliphatic hydroxyl groups excluding tert-OH is 1. The molecule has 1 saturated heterocycles. The molecule has 0 aliphatic carbocycles. The van der Waals surface area contributed by atoms with Crippen molar-refractivity contribution in [2.75, 3.05) is 0 Å². The Kier molecular flexibility index (Phi) is 4.06. The Bertz CT molecular complexity index is 898. The van der Waals surface area contributed by atoms with Gasteiger partial charge in [0.25, 0.3) is 17.4 Å². The number of nitrogens with one attached hydrogen (secondary N) is 1. The summed E-state index contributed by atoms with van der Waals surface area (Å²) >= 11 is 0. The zero-order chi connectivity index (χ0) is 18.1. The van der Waals surface area contributed by atoms with Crippen LogP contribution >= 0.6 is 0 Å². The highest BCUT2D eigenvalue weighted by Crippen LogP contribution is 2.33. The quantitative estimate of drug-likeness (QED) is 0.294. The van der Waals surface area contributed by atoms with E-state index in [4.69, 9.17) is 0 Å². The van der Waals surface area contributed by atoms with Crippen LogP contribution in [0.25, 0.3) is 5.76 Å². The van der Waals surface area contributed by atoms with Gasteiger partial charge in [-0.2, -0.15) is 0 Å². The molecule has 25 heavy (non-hydrogen) atoms. The second kappa shape index (κ2) is 6.20. The van der Waals surface area contributed by atoms with Gasteiger partial charge in [0.1, 0.15) is 5.76 Å². The number of nitrogens with zero attached hydrogens (tertiary/aromatic N) is 1. The summed E-state index contributed by atoms with van der Waals surface area (Å²) in [5.41, 5.74) is 1.70. The van der Waals surface area contributed by atoms with Crippen LogP contribution in [-0.4, -0.2) is 21.7 Å². The van der Waals surface area contributed by atoms with Crippen LogP contribution in [0.5, 0.6) is 0 Å². The van der Waals surface area contributed by atoms with E-state index in [1.54, 1.807) is 24.3 Å². The molecule has 0 aromatic heterocycles. The third-order valence-electron chi connectivity index (χ3n) is 4.03. The highest BCUT2D eigenvalue weighted by molar-refractivity contribution is 6.46. The average Bonchev–Trinajstić information content (AvgIpc) is 2.90. The maximum Gasteiger partial charge on any atom is 0.293 e. The van der Waals surface area contributed by atoms with Crippen molar-refractivity contribution in [1.29, 1.82) is 0 Å². The molecule has 0 unspecified atom stereocenters. The number of carbonyl (C=O) groups excluding carboxylic acids is 2. The number of non-ortho nitro benzene ring substituents is 1. The number of benzene rings is 2. The lowest BCUT2D eigenvalue weighted by atomic mass is 9.95. The fourth-order valence-electron chi connectivity index (χ4n) is 2.67. The number of aliphatic hydroxyl groups is 1. The van der Waals surface area contributed by atoms with Crippen LogP contribution in [0.1, 0.15) is 22.7 Å². The molecule has 0 radical (unpaired) electrons. The summed E-state index contributed by atoms with van der Waals surface area (Å²) in [4.78, 5) is 34.2. The van der Waals surface area contributed by atoms with E-state index in [0.717, 1.165) is 5.56 Å². The Morgan fingerprint density at radius 2 is 1.68 bits per heavy atom. The Balaban J connectivity index is 2.07. The third-order valence-corrected chi connectivity index (χ3v) is 4.03. The number of nitro benzene ring substituents is 1. The van der Waals surface area contributed by atoms with Crippen molar-refractivity contribution in [3.63, 3.8) is 0 Å². The monoisotopic (exact) mass is 338 g/mol. The first-order valence-corrected chi connectivity index (χ1v) is 7.48. The molecule has 2 aromatic rings. The summed E-state index contributed by atoms with van der Waals surface area (Å²) in [5.74, 6) is -1.93. The van der Waals surface area contributed by atoms with Crippen molar-refractivity contribution < 1.29 is 19.6 Å². The Labute approximate surface area is 142 Å². The third kappa shape index (κ3) is 2.99. The summed E-state index contributed by atoms with van der Waals surface area (Å²) in [6.07, 6.45) is 0. The molecular formula is C18H14N2O5. The standard InChI is InChI=1S/C18H14N2O5/c1-10-2-4-12(5-3-10)16(21)14-15(19-18(23)17(14)22)11-6-8-13(9-7-11)20(24)25/h2-9,15,21H,1H3,(H,19,23)/t15-/m1/s1. The molecule has 2 aromatic carbocycles. The van der Waals surface area contributed by atoms with Crippen LogP contribution in [0.15, 0.2) is 54.1 Å². The van der Waals surface area contributed by atoms with Crippen LogP contribution in [0.3, 0.4) is 0 Å². The molecular weight excluding hydrogens is 324 g/mol. The molecule has 7 nitrogen and oxygen atoms in total. The van der Waals surface area contributed by atoms with Gasteiger partial charge in [-0.05, 0) is 24.6 Å². The minimum Gasteiger partial charge on any atom is -0.507 e. The summed E-state index contributed by atoms with van der Waals surface area (Å²) in [6.45, 7) is 1.89. The number of hydrogen-bond acceptors (Lipinski definition) is 5. The van der Waals surface area contributed by atoms with E-state index in [2.05, 4.69) is 5.32 Å². The number of nitro groups is 1. The van der Waals surface area contributed by atoms with Gasteiger partial charge in [-0.15, -0.1) is 0 Å². The van der Waals surface area contributed by atoms with Gasteiger partial charge in [-0.1, -0.05) is 29.8 Å². The first kappa shape index (κ1) is 16.4. The summed E-state index contributed by atoms with van der Waals surface area (Å²) in [7, 11) is 0. The number of ketones is 1. The first-order chi connectivity index (χ1) is 11.9.